The number of nitrogens with zero attached hydrogens (tertiary/aromatic N) is 5. The van der Waals surface area contributed by atoms with Crippen LogP contribution in [0.4, 0.5) is 15.9 Å². The normalized spacial score (nSPS) is 19.4. The third-order valence-electron chi connectivity index (χ3n) is 6.34. The van der Waals surface area contributed by atoms with Crippen molar-refractivity contribution in [2.24, 2.45) is 0 Å². The van der Waals surface area contributed by atoms with Crippen molar-refractivity contribution in [1.29, 1.82) is 0 Å². The first-order valence-corrected chi connectivity index (χ1v) is 10.4. The van der Waals surface area contributed by atoms with Crippen LogP contribution in [0, 0.1) is 5.82 Å². The van der Waals surface area contributed by atoms with E-state index in [-0.39, 0.29) is 29.5 Å². The van der Waals surface area contributed by atoms with Gasteiger partial charge in [0.25, 0.3) is 0 Å². The zero-order chi connectivity index (χ0) is 21.0. The number of rotatable bonds is 3. The lowest BCUT2D eigenvalue weighted by molar-refractivity contribution is -0.129. The Bertz CT molecular complexity index is 1050. The molecule has 1 aliphatic carbocycles. The first-order valence-electron chi connectivity index (χ1n) is 10.0. The van der Waals surface area contributed by atoms with Crippen molar-refractivity contribution >= 4 is 34.9 Å². The Hall–Kier alpha value is -2.74. The minimum absolute atomic E-state index is 0.00500. The number of fused-ring (bicyclic) bond motifs is 2. The standard InChI is InChI=1S/C21H21ClFN5O2/c1-13(29)26-6-8-27(9-7-26)18-14(11-24-20(22)25-18)12-28-17-10-15(23)2-3-16(17)21(4-5-21)19(28)30/h2-3,10-11H,4-9,12H2,1H3. The van der Waals surface area contributed by atoms with E-state index < -0.39 is 5.41 Å². The quantitative estimate of drug-likeness (QED) is 0.701. The molecule has 2 amide bonds. The number of aromatic nitrogens is 2. The largest absolute Gasteiger partial charge is 0.353 e. The molecule has 2 aromatic rings. The highest BCUT2D eigenvalue weighted by molar-refractivity contribution is 6.28. The minimum Gasteiger partial charge on any atom is -0.353 e. The Morgan fingerprint density at radius 3 is 2.63 bits per heavy atom. The predicted octanol–water partition coefficient (Wildman–Crippen LogP) is 2.52. The molecule has 2 fully saturated rings. The van der Waals surface area contributed by atoms with Crippen molar-refractivity contribution in [3.05, 3.63) is 46.6 Å². The van der Waals surface area contributed by atoms with Crippen LogP contribution in [0.25, 0.3) is 0 Å². The summed E-state index contributed by atoms with van der Waals surface area (Å²) in [6.07, 6.45) is 3.21. The van der Waals surface area contributed by atoms with Crippen molar-refractivity contribution in [2.75, 3.05) is 36.0 Å². The first-order chi connectivity index (χ1) is 14.4. The van der Waals surface area contributed by atoms with Crippen LogP contribution >= 0.6 is 11.6 Å². The summed E-state index contributed by atoms with van der Waals surface area (Å²) in [6.45, 7) is 4.22. The van der Waals surface area contributed by atoms with Crippen LogP contribution in [0.15, 0.2) is 24.4 Å². The molecule has 0 atom stereocenters. The molecule has 1 saturated heterocycles. The molecule has 2 aliphatic heterocycles. The summed E-state index contributed by atoms with van der Waals surface area (Å²) in [4.78, 5) is 38.9. The molecule has 1 aromatic heterocycles. The van der Waals surface area contributed by atoms with Crippen LogP contribution in [-0.2, 0) is 21.5 Å². The molecule has 0 unspecified atom stereocenters. The van der Waals surface area contributed by atoms with Crippen molar-refractivity contribution in [2.45, 2.75) is 31.7 Å². The van der Waals surface area contributed by atoms with Gasteiger partial charge >= 0.3 is 0 Å². The number of piperazine rings is 1. The molecule has 1 saturated carbocycles. The average molecular weight is 430 g/mol. The minimum atomic E-state index is -0.496. The molecular weight excluding hydrogens is 409 g/mol. The zero-order valence-electron chi connectivity index (χ0n) is 16.6. The lowest BCUT2D eigenvalue weighted by atomic mass is 9.98. The van der Waals surface area contributed by atoms with E-state index in [1.807, 2.05) is 0 Å². The van der Waals surface area contributed by atoms with Crippen LogP contribution in [0.2, 0.25) is 5.28 Å². The summed E-state index contributed by atoms with van der Waals surface area (Å²) in [6, 6.07) is 4.58. The molecule has 0 N–H and O–H groups in total. The Balaban J connectivity index is 1.46. The molecule has 0 bridgehead atoms. The van der Waals surface area contributed by atoms with E-state index in [0.717, 1.165) is 24.0 Å². The van der Waals surface area contributed by atoms with Gasteiger partial charge in [0, 0.05) is 44.9 Å². The number of hydrogen-bond donors (Lipinski definition) is 0. The van der Waals surface area contributed by atoms with Crippen molar-refractivity contribution < 1.29 is 14.0 Å². The monoisotopic (exact) mass is 429 g/mol. The van der Waals surface area contributed by atoms with Crippen LogP contribution in [-0.4, -0.2) is 52.9 Å². The number of halogens is 2. The van der Waals surface area contributed by atoms with E-state index in [1.165, 1.54) is 12.1 Å². The zero-order valence-corrected chi connectivity index (χ0v) is 17.3. The number of anilines is 2. The van der Waals surface area contributed by atoms with Gasteiger partial charge in [-0.1, -0.05) is 6.07 Å². The second-order valence-corrected chi connectivity index (χ2v) is 8.45. The Kier molecular flexibility index (Phi) is 4.43. The Morgan fingerprint density at radius 2 is 1.97 bits per heavy atom. The summed E-state index contributed by atoms with van der Waals surface area (Å²) in [5.41, 5.74) is 1.78. The number of carbonyl (C=O) groups excluding carboxylic acids is 2. The fourth-order valence-electron chi connectivity index (χ4n) is 4.55. The molecule has 7 nitrogen and oxygen atoms in total. The summed E-state index contributed by atoms with van der Waals surface area (Å²) in [5.74, 6) is 0.343. The highest BCUT2D eigenvalue weighted by atomic mass is 35.5. The maximum Gasteiger partial charge on any atom is 0.238 e. The van der Waals surface area contributed by atoms with Crippen LogP contribution in [0.1, 0.15) is 30.9 Å². The van der Waals surface area contributed by atoms with E-state index in [1.54, 1.807) is 29.0 Å². The second-order valence-electron chi connectivity index (χ2n) is 8.12. The fraction of sp³-hybridized carbons (Fsp3) is 0.429. The molecule has 156 valence electrons. The number of amides is 2. The third kappa shape index (κ3) is 3.01. The molecule has 5 rings (SSSR count). The van der Waals surface area contributed by atoms with E-state index in [0.29, 0.717) is 37.7 Å². The van der Waals surface area contributed by atoms with Gasteiger partial charge in [-0.15, -0.1) is 0 Å². The number of benzene rings is 1. The van der Waals surface area contributed by atoms with E-state index in [9.17, 15) is 14.0 Å². The smallest absolute Gasteiger partial charge is 0.238 e. The number of hydrogen-bond acceptors (Lipinski definition) is 5. The molecule has 0 radical (unpaired) electrons. The van der Waals surface area contributed by atoms with E-state index in [2.05, 4.69) is 14.9 Å². The summed E-state index contributed by atoms with van der Waals surface area (Å²) in [5, 5.41) is 0.126. The maximum atomic E-state index is 14.0. The van der Waals surface area contributed by atoms with Crippen molar-refractivity contribution in [3.8, 4) is 0 Å². The van der Waals surface area contributed by atoms with E-state index >= 15 is 0 Å². The first kappa shape index (κ1) is 19.2. The highest BCUT2D eigenvalue weighted by Crippen LogP contribution is 2.57. The molecule has 3 heterocycles. The molecule has 9 heteroatoms. The predicted molar refractivity (Wildman–Crippen MR) is 110 cm³/mol. The molecule has 1 spiro atoms. The van der Waals surface area contributed by atoms with Crippen molar-refractivity contribution in [3.63, 3.8) is 0 Å². The van der Waals surface area contributed by atoms with Gasteiger partial charge in [0.05, 0.1) is 17.6 Å². The fourth-order valence-corrected chi connectivity index (χ4v) is 4.68. The van der Waals surface area contributed by atoms with Crippen molar-refractivity contribution in [1.82, 2.24) is 14.9 Å². The van der Waals surface area contributed by atoms with Gasteiger partial charge in [0.1, 0.15) is 11.6 Å². The SMILES string of the molecule is CC(=O)N1CCN(c2nc(Cl)ncc2CN2C(=O)C3(CC3)c3ccc(F)cc32)CC1. The molecule has 30 heavy (non-hydrogen) atoms. The highest BCUT2D eigenvalue weighted by Gasteiger charge is 2.59. The Morgan fingerprint density at radius 1 is 1.23 bits per heavy atom. The van der Waals surface area contributed by atoms with Gasteiger partial charge in [-0.2, -0.15) is 0 Å². The lowest BCUT2D eigenvalue weighted by Crippen LogP contribution is -2.48. The topological polar surface area (TPSA) is 69.6 Å². The van der Waals surface area contributed by atoms with Gasteiger partial charge in [0.2, 0.25) is 17.1 Å². The van der Waals surface area contributed by atoms with Crippen LogP contribution in [0.3, 0.4) is 0 Å². The molecule has 3 aliphatic rings. The van der Waals surface area contributed by atoms with Crippen LogP contribution < -0.4 is 9.80 Å². The van der Waals surface area contributed by atoms with Gasteiger partial charge in [0.15, 0.2) is 0 Å². The van der Waals surface area contributed by atoms with Crippen LogP contribution in [0.5, 0.6) is 0 Å². The van der Waals surface area contributed by atoms with E-state index in [4.69, 9.17) is 11.6 Å². The van der Waals surface area contributed by atoms with Gasteiger partial charge in [-0.25, -0.2) is 14.4 Å². The molecule has 1 aromatic carbocycles. The third-order valence-corrected chi connectivity index (χ3v) is 6.52. The summed E-state index contributed by atoms with van der Waals surface area (Å²) >= 11 is 6.07. The maximum absolute atomic E-state index is 14.0. The number of carbonyl (C=O) groups is 2. The average Bonchev–Trinajstić information content (AvgIpc) is 3.50. The second kappa shape index (κ2) is 6.91. The van der Waals surface area contributed by atoms with Gasteiger partial charge in [-0.05, 0) is 42.1 Å². The summed E-state index contributed by atoms with van der Waals surface area (Å²) in [7, 11) is 0. The lowest BCUT2D eigenvalue weighted by Gasteiger charge is -2.36. The van der Waals surface area contributed by atoms with Gasteiger partial charge < -0.3 is 14.7 Å². The Labute approximate surface area is 178 Å². The molecular formula is C21H21ClFN5O2. The summed E-state index contributed by atoms with van der Waals surface area (Å²) < 4.78 is 14.0. The van der Waals surface area contributed by atoms with Gasteiger partial charge in [-0.3, -0.25) is 9.59 Å².